The highest BCUT2D eigenvalue weighted by molar-refractivity contribution is 7.92. The number of nitrogens with one attached hydrogen (secondary N) is 1. The van der Waals surface area contributed by atoms with Gasteiger partial charge in [-0.25, -0.2) is 12.8 Å². The Labute approximate surface area is 115 Å². The van der Waals surface area contributed by atoms with Crippen molar-refractivity contribution in [2.75, 3.05) is 17.6 Å². The zero-order chi connectivity index (χ0) is 14.5. The molecule has 0 fully saturated rings. The highest BCUT2D eigenvalue weighted by Crippen LogP contribution is 2.23. The lowest BCUT2D eigenvalue weighted by Crippen LogP contribution is -2.18. The Bertz CT molecular complexity index is 562. The zero-order valence-electron chi connectivity index (χ0n) is 10.2. The first-order valence-corrected chi connectivity index (χ1v) is 7.40. The number of rotatable bonds is 6. The lowest BCUT2D eigenvalue weighted by molar-refractivity contribution is -0.140. The molecule has 1 rings (SSSR count). The summed E-state index contributed by atoms with van der Waals surface area (Å²) < 4.78 is 43.3. The number of carbonyl (C=O) groups excluding carboxylic acids is 1. The molecule has 0 heterocycles. The van der Waals surface area contributed by atoms with Crippen molar-refractivity contribution in [2.24, 2.45) is 0 Å². The Morgan fingerprint density at radius 2 is 2.16 bits per heavy atom. The van der Waals surface area contributed by atoms with Crippen LogP contribution in [0.3, 0.4) is 0 Å². The van der Waals surface area contributed by atoms with Crippen LogP contribution >= 0.6 is 11.6 Å². The number of carbonyl (C=O) groups is 1. The smallest absolute Gasteiger partial charge is 0.305 e. The van der Waals surface area contributed by atoms with Crippen LogP contribution in [0.4, 0.5) is 10.1 Å². The molecule has 19 heavy (non-hydrogen) atoms. The van der Waals surface area contributed by atoms with Crippen molar-refractivity contribution in [3.63, 3.8) is 0 Å². The lowest BCUT2D eigenvalue weighted by atomic mass is 10.3. The van der Waals surface area contributed by atoms with Crippen molar-refractivity contribution in [3.8, 4) is 0 Å². The van der Waals surface area contributed by atoms with Crippen molar-refractivity contribution < 1.29 is 22.3 Å². The number of methoxy groups -OCH3 is 1. The van der Waals surface area contributed by atoms with Crippen LogP contribution in [0, 0.1) is 5.82 Å². The third-order valence-corrected chi connectivity index (χ3v) is 3.89. The highest BCUT2D eigenvalue weighted by atomic mass is 35.5. The maximum atomic E-state index is 13.5. The van der Waals surface area contributed by atoms with E-state index in [-0.39, 0.29) is 29.3 Å². The van der Waals surface area contributed by atoms with Crippen LogP contribution in [0.15, 0.2) is 18.2 Å². The van der Waals surface area contributed by atoms with Crippen molar-refractivity contribution in [1.29, 1.82) is 0 Å². The van der Waals surface area contributed by atoms with Gasteiger partial charge in [-0.05, 0) is 18.6 Å². The third kappa shape index (κ3) is 5.04. The molecule has 0 unspecified atom stereocenters. The van der Waals surface area contributed by atoms with Crippen LogP contribution in [0.2, 0.25) is 5.02 Å². The minimum atomic E-state index is -3.73. The Hall–Kier alpha value is -1.34. The molecule has 8 heteroatoms. The molecule has 0 bridgehead atoms. The fourth-order valence-electron chi connectivity index (χ4n) is 1.31. The second-order valence-electron chi connectivity index (χ2n) is 3.70. The van der Waals surface area contributed by atoms with Crippen LogP contribution in [0.5, 0.6) is 0 Å². The monoisotopic (exact) mass is 309 g/mol. The summed E-state index contributed by atoms with van der Waals surface area (Å²) >= 11 is 5.54. The number of hydrogen-bond acceptors (Lipinski definition) is 4. The molecule has 0 radical (unpaired) electrons. The van der Waals surface area contributed by atoms with E-state index in [2.05, 4.69) is 9.46 Å². The first-order chi connectivity index (χ1) is 8.85. The Balaban J connectivity index is 2.64. The van der Waals surface area contributed by atoms with E-state index in [1.54, 1.807) is 0 Å². The van der Waals surface area contributed by atoms with E-state index in [0.717, 1.165) is 0 Å². The zero-order valence-corrected chi connectivity index (χ0v) is 11.7. The summed E-state index contributed by atoms with van der Waals surface area (Å²) in [6.07, 6.45) is 0.0691. The topological polar surface area (TPSA) is 72.5 Å². The van der Waals surface area contributed by atoms with Crippen LogP contribution in [-0.4, -0.2) is 27.2 Å². The van der Waals surface area contributed by atoms with Gasteiger partial charge in [0.25, 0.3) is 0 Å². The van der Waals surface area contributed by atoms with Crippen molar-refractivity contribution in [3.05, 3.63) is 29.0 Å². The van der Waals surface area contributed by atoms with Gasteiger partial charge in [-0.1, -0.05) is 17.7 Å². The van der Waals surface area contributed by atoms with Crippen molar-refractivity contribution in [1.82, 2.24) is 0 Å². The maximum Gasteiger partial charge on any atom is 0.305 e. The summed E-state index contributed by atoms with van der Waals surface area (Å²) in [7, 11) is -2.52. The summed E-state index contributed by atoms with van der Waals surface area (Å²) in [4.78, 5) is 10.8. The molecule has 0 aliphatic heterocycles. The summed E-state index contributed by atoms with van der Waals surface area (Å²) in [5.41, 5.74) is -0.217. The predicted octanol–water partition coefficient (Wildman–Crippen LogP) is 2.17. The fourth-order valence-corrected chi connectivity index (χ4v) is 2.60. The summed E-state index contributed by atoms with van der Waals surface area (Å²) in [6.45, 7) is 0. The van der Waals surface area contributed by atoms with Gasteiger partial charge >= 0.3 is 5.97 Å². The molecule has 1 N–H and O–H groups in total. The van der Waals surface area contributed by atoms with Gasteiger partial charge in [-0.2, -0.15) is 0 Å². The van der Waals surface area contributed by atoms with Gasteiger partial charge < -0.3 is 4.74 Å². The molecular weight excluding hydrogens is 297 g/mol. The quantitative estimate of drug-likeness (QED) is 0.817. The van der Waals surface area contributed by atoms with Crippen molar-refractivity contribution in [2.45, 2.75) is 12.8 Å². The highest BCUT2D eigenvalue weighted by Gasteiger charge is 2.15. The van der Waals surface area contributed by atoms with Gasteiger partial charge in [-0.3, -0.25) is 9.52 Å². The van der Waals surface area contributed by atoms with Crippen LogP contribution < -0.4 is 4.72 Å². The van der Waals surface area contributed by atoms with Crippen LogP contribution in [0.25, 0.3) is 0 Å². The van der Waals surface area contributed by atoms with Gasteiger partial charge in [0.05, 0.1) is 23.6 Å². The van der Waals surface area contributed by atoms with E-state index < -0.39 is 21.8 Å². The van der Waals surface area contributed by atoms with Gasteiger partial charge in [0.1, 0.15) is 0 Å². The van der Waals surface area contributed by atoms with Gasteiger partial charge in [-0.15, -0.1) is 0 Å². The molecule has 0 amide bonds. The molecule has 0 spiro atoms. The molecular formula is C11H13ClFNO4S. The summed E-state index contributed by atoms with van der Waals surface area (Å²) in [6, 6.07) is 4.00. The molecule has 0 saturated carbocycles. The molecule has 0 aliphatic rings. The van der Waals surface area contributed by atoms with Gasteiger partial charge in [0.15, 0.2) is 5.82 Å². The number of hydrogen-bond donors (Lipinski definition) is 1. The Kier molecular flexibility index (Phi) is 5.56. The minimum absolute atomic E-state index is 0.0184. The molecule has 1 aromatic carbocycles. The lowest BCUT2D eigenvalue weighted by Gasteiger charge is -2.09. The first kappa shape index (κ1) is 15.7. The standard InChI is InChI=1S/C11H13ClFNO4S/c1-18-10(15)6-3-7-19(16,17)14-9-5-2-4-8(12)11(9)13/h2,4-5,14H,3,6-7H2,1H3. The van der Waals surface area contributed by atoms with Gasteiger partial charge in [0.2, 0.25) is 10.0 Å². The van der Waals surface area contributed by atoms with E-state index in [9.17, 15) is 17.6 Å². The SMILES string of the molecule is COC(=O)CCCS(=O)(=O)Nc1cccc(Cl)c1F. The Morgan fingerprint density at radius 3 is 2.79 bits per heavy atom. The van der Waals surface area contributed by atoms with E-state index in [0.29, 0.717) is 0 Å². The molecule has 0 saturated heterocycles. The number of sulfonamides is 1. The fraction of sp³-hybridized carbons (Fsp3) is 0.364. The Morgan fingerprint density at radius 1 is 1.47 bits per heavy atom. The average molecular weight is 310 g/mol. The predicted molar refractivity (Wildman–Crippen MR) is 70.1 cm³/mol. The van der Waals surface area contributed by atoms with Gasteiger partial charge in [0, 0.05) is 6.42 Å². The normalized spacial score (nSPS) is 11.1. The third-order valence-electron chi connectivity index (χ3n) is 2.24. The number of ether oxygens (including phenoxy) is 1. The number of benzene rings is 1. The average Bonchev–Trinajstić information content (AvgIpc) is 2.34. The van der Waals surface area contributed by atoms with E-state index in [1.807, 2.05) is 0 Å². The maximum absolute atomic E-state index is 13.5. The molecule has 1 aromatic rings. The number of anilines is 1. The summed E-state index contributed by atoms with van der Waals surface area (Å²) in [5.74, 6) is -1.64. The molecule has 106 valence electrons. The number of halogens is 2. The molecule has 0 atom stereocenters. The van der Waals surface area contributed by atoms with Crippen LogP contribution in [-0.2, 0) is 19.6 Å². The molecule has 0 aromatic heterocycles. The van der Waals surface area contributed by atoms with Crippen molar-refractivity contribution >= 4 is 33.3 Å². The van der Waals surface area contributed by atoms with E-state index in [1.165, 1.54) is 25.3 Å². The molecule has 5 nitrogen and oxygen atoms in total. The minimum Gasteiger partial charge on any atom is -0.469 e. The van der Waals surface area contributed by atoms with E-state index >= 15 is 0 Å². The second-order valence-corrected chi connectivity index (χ2v) is 5.95. The summed E-state index contributed by atoms with van der Waals surface area (Å²) in [5, 5.41) is -0.172. The number of esters is 1. The molecule has 0 aliphatic carbocycles. The second kappa shape index (κ2) is 6.72. The first-order valence-electron chi connectivity index (χ1n) is 5.37. The van der Waals surface area contributed by atoms with Crippen LogP contribution in [0.1, 0.15) is 12.8 Å². The van der Waals surface area contributed by atoms with E-state index in [4.69, 9.17) is 11.6 Å². The largest absolute Gasteiger partial charge is 0.469 e.